The number of ether oxygens (including phenoxy) is 1. The van der Waals surface area contributed by atoms with Gasteiger partial charge < -0.3 is 10.1 Å². The van der Waals surface area contributed by atoms with Crippen LogP contribution in [0.4, 0.5) is 0 Å². The molecule has 2 atom stereocenters. The number of hydrogen-bond acceptors (Lipinski definition) is 2. The molecular formula is C13H18ClNO. The second kappa shape index (κ2) is 5.67. The van der Waals surface area contributed by atoms with Gasteiger partial charge in [-0.2, -0.15) is 0 Å². The van der Waals surface area contributed by atoms with Crippen LogP contribution in [0.3, 0.4) is 0 Å². The second-order valence-corrected chi connectivity index (χ2v) is 4.72. The molecule has 0 radical (unpaired) electrons. The topological polar surface area (TPSA) is 21.3 Å². The highest BCUT2D eigenvalue weighted by atomic mass is 35.5. The second-order valence-electron chi connectivity index (χ2n) is 4.31. The van der Waals surface area contributed by atoms with Crippen molar-refractivity contribution in [3.8, 4) is 0 Å². The molecule has 1 saturated heterocycles. The van der Waals surface area contributed by atoms with E-state index in [-0.39, 0.29) is 0 Å². The monoisotopic (exact) mass is 239 g/mol. The fourth-order valence-corrected chi connectivity index (χ4v) is 2.54. The Hall–Kier alpha value is -0.570. The van der Waals surface area contributed by atoms with E-state index in [0.717, 1.165) is 31.1 Å². The Morgan fingerprint density at radius 2 is 2.25 bits per heavy atom. The summed E-state index contributed by atoms with van der Waals surface area (Å²) in [5, 5.41) is 4.23. The molecule has 1 aromatic carbocycles. The lowest BCUT2D eigenvalue weighted by Crippen LogP contribution is -2.41. The summed E-state index contributed by atoms with van der Waals surface area (Å²) in [5.41, 5.74) is 1.22. The molecule has 0 bridgehead atoms. The summed E-state index contributed by atoms with van der Waals surface area (Å²) >= 11 is 6.17. The van der Waals surface area contributed by atoms with Gasteiger partial charge in [-0.1, -0.05) is 29.8 Å². The summed E-state index contributed by atoms with van der Waals surface area (Å²) in [6.07, 6.45) is 2.08. The lowest BCUT2D eigenvalue weighted by molar-refractivity contribution is 0.0342. The summed E-state index contributed by atoms with van der Waals surface area (Å²) in [7, 11) is 2.02. The molecule has 0 saturated carbocycles. The SMILES string of the molecule is CN[C@H]1CCOC[C@H]1Cc1ccccc1Cl. The molecule has 16 heavy (non-hydrogen) atoms. The predicted molar refractivity (Wildman–Crippen MR) is 66.9 cm³/mol. The molecule has 3 heteroatoms. The lowest BCUT2D eigenvalue weighted by Gasteiger charge is -2.31. The van der Waals surface area contributed by atoms with Crippen molar-refractivity contribution in [2.24, 2.45) is 5.92 Å². The minimum Gasteiger partial charge on any atom is -0.381 e. The van der Waals surface area contributed by atoms with Gasteiger partial charge in [0.05, 0.1) is 6.61 Å². The third-order valence-electron chi connectivity index (χ3n) is 3.28. The average molecular weight is 240 g/mol. The smallest absolute Gasteiger partial charge is 0.0512 e. The van der Waals surface area contributed by atoms with Crippen molar-refractivity contribution in [3.05, 3.63) is 34.9 Å². The Kier molecular flexibility index (Phi) is 4.22. The van der Waals surface area contributed by atoms with Crippen LogP contribution in [0, 0.1) is 5.92 Å². The maximum absolute atomic E-state index is 6.17. The van der Waals surface area contributed by atoms with Crippen molar-refractivity contribution in [1.82, 2.24) is 5.32 Å². The first-order valence-electron chi connectivity index (χ1n) is 5.79. The molecule has 2 nitrogen and oxygen atoms in total. The molecule has 2 rings (SSSR count). The van der Waals surface area contributed by atoms with E-state index in [1.54, 1.807) is 0 Å². The summed E-state index contributed by atoms with van der Waals surface area (Å²) < 4.78 is 5.54. The first-order valence-corrected chi connectivity index (χ1v) is 6.17. The van der Waals surface area contributed by atoms with Gasteiger partial charge in [0.15, 0.2) is 0 Å². The van der Waals surface area contributed by atoms with Gasteiger partial charge in [-0.25, -0.2) is 0 Å². The number of rotatable bonds is 3. The molecule has 1 fully saturated rings. The van der Waals surface area contributed by atoms with E-state index >= 15 is 0 Å². The minimum absolute atomic E-state index is 0.527. The largest absolute Gasteiger partial charge is 0.381 e. The van der Waals surface area contributed by atoms with Crippen molar-refractivity contribution < 1.29 is 4.74 Å². The molecule has 1 aliphatic rings. The number of benzene rings is 1. The quantitative estimate of drug-likeness (QED) is 0.875. The van der Waals surface area contributed by atoms with Crippen molar-refractivity contribution in [3.63, 3.8) is 0 Å². The molecule has 0 aliphatic carbocycles. The molecule has 0 unspecified atom stereocenters. The molecule has 0 amide bonds. The Morgan fingerprint density at radius 1 is 1.44 bits per heavy atom. The molecule has 1 N–H and O–H groups in total. The highest BCUT2D eigenvalue weighted by molar-refractivity contribution is 6.31. The van der Waals surface area contributed by atoms with Crippen molar-refractivity contribution in [1.29, 1.82) is 0 Å². The molecule has 0 spiro atoms. The number of halogens is 1. The molecular weight excluding hydrogens is 222 g/mol. The number of nitrogens with one attached hydrogen (secondary N) is 1. The van der Waals surface area contributed by atoms with Crippen LogP contribution >= 0.6 is 11.6 Å². The van der Waals surface area contributed by atoms with Gasteiger partial charge in [-0.15, -0.1) is 0 Å². The maximum atomic E-state index is 6.17. The van der Waals surface area contributed by atoms with Crippen molar-refractivity contribution in [2.45, 2.75) is 18.9 Å². The molecule has 88 valence electrons. The molecule has 0 aromatic heterocycles. The molecule has 1 heterocycles. The van der Waals surface area contributed by atoms with Gasteiger partial charge in [0, 0.05) is 23.6 Å². The summed E-state index contributed by atoms with van der Waals surface area (Å²) in [6.45, 7) is 1.70. The van der Waals surface area contributed by atoms with Gasteiger partial charge in [0.2, 0.25) is 0 Å². The van der Waals surface area contributed by atoms with Crippen LogP contribution < -0.4 is 5.32 Å². The van der Waals surface area contributed by atoms with Crippen LogP contribution in [0.2, 0.25) is 5.02 Å². The van der Waals surface area contributed by atoms with Crippen LogP contribution in [0.5, 0.6) is 0 Å². The van der Waals surface area contributed by atoms with E-state index in [1.807, 2.05) is 25.2 Å². The molecule has 1 aromatic rings. The Balaban J connectivity index is 2.05. The van der Waals surface area contributed by atoms with Crippen molar-refractivity contribution in [2.75, 3.05) is 20.3 Å². The molecule has 1 aliphatic heterocycles. The van der Waals surface area contributed by atoms with E-state index in [1.165, 1.54) is 5.56 Å². The standard InChI is InChI=1S/C13H18ClNO/c1-15-13-6-7-16-9-11(13)8-10-4-2-3-5-12(10)14/h2-5,11,13,15H,6-9H2,1H3/t11-,13+/m1/s1. The zero-order valence-electron chi connectivity index (χ0n) is 9.58. The lowest BCUT2D eigenvalue weighted by atomic mass is 9.89. The zero-order chi connectivity index (χ0) is 11.4. The van der Waals surface area contributed by atoms with Gasteiger partial charge in [-0.3, -0.25) is 0 Å². The van der Waals surface area contributed by atoms with Crippen LogP contribution in [0.1, 0.15) is 12.0 Å². The summed E-state index contributed by atoms with van der Waals surface area (Å²) in [4.78, 5) is 0. The average Bonchev–Trinajstić information content (AvgIpc) is 2.33. The first-order chi connectivity index (χ1) is 7.81. The van der Waals surface area contributed by atoms with Crippen LogP contribution in [-0.4, -0.2) is 26.3 Å². The van der Waals surface area contributed by atoms with Gasteiger partial charge in [0.25, 0.3) is 0 Å². The van der Waals surface area contributed by atoms with E-state index < -0.39 is 0 Å². The van der Waals surface area contributed by atoms with E-state index in [9.17, 15) is 0 Å². The van der Waals surface area contributed by atoms with E-state index in [4.69, 9.17) is 16.3 Å². The maximum Gasteiger partial charge on any atom is 0.0512 e. The fourth-order valence-electron chi connectivity index (χ4n) is 2.32. The first kappa shape index (κ1) is 11.9. The summed E-state index contributed by atoms with van der Waals surface area (Å²) in [5.74, 6) is 0.527. The normalized spacial score (nSPS) is 25.6. The third-order valence-corrected chi connectivity index (χ3v) is 3.65. The van der Waals surface area contributed by atoms with Gasteiger partial charge in [-0.05, 0) is 31.5 Å². The van der Waals surface area contributed by atoms with E-state index in [0.29, 0.717) is 12.0 Å². The summed E-state index contributed by atoms with van der Waals surface area (Å²) in [6, 6.07) is 8.61. The van der Waals surface area contributed by atoms with Crippen LogP contribution in [-0.2, 0) is 11.2 Å². The van der Waals surface area contributed by atoms with E-state index in [2.05, 4.69) is 11.4 Å². The Bertz CT molecular complexity index is 342. The Labute approximate surface area is 102 Å². The third kappa shape index (κ3) is 2.76. The Morgan fingerprint density at radius 3 is 3.00 bits per heavy atom. The van der Waals surface area contributed by atoms with Gasteiger partial charge in [0.1, 0.15) is 0 Å². The minimum atomic E-state index is 0.527. The fraction of sp³-hybridized carbons (Fsp3) is 0.538. The van der Waals surface area contributed by atoms with Crippen LogP contribution in [0.15, 0.2) is 24.3 Å². The highest BCUT2D eigenvalue weighted by Gasteiger charge is 2.24. The zero-order valence-corrected chi connectivity index (χ0v) is 10.3. The van der Waals surface area contributed by atoms with Crippen molar-refractivity contribution >= 4 is 11.6 Å². The van der Waals surface area contributed by atoms with Gasteiger partial charge >= 0.3 is 0 Å². The number of hydrogen-bond donors (Lipinski definition) is 1. The highest BCUT2D eigenvalue weighted by Crippen LogP contribution is 2.23. The van der Waals surface area contributed by atoms with Crippen LogP contribution in [0.25, 0.3) is 0 Å². The predicted octanol–water partition coefficient (Wildman–Crippen LogP) is 2.51.